The number of thiocarbonyl (C=S) groups is 1. The Morgan fingerprint density at radius 1 is 0.833 bits per heavy atom. The smallest absolute Gasteiger partial charge is 0.341 e. The van der Waals surface area contributed by atoms with Crippen LogP contribution in [0.5, 0.6) is 0 Å². The number of amides is 1. The van der Waals surface area contributed by atoms with Crippen LogP contribution >= 0.6 is 35.3 Å². The van der Waals surface area contributed by atoms with Crippen molar-refractivity contribution < 1.29 is 14.3 Å². The van der Waals surface area contributed by atoms with Gasteiger partial charge in [0, 0.05) is 21.1 Å². The number of nitrogens with one attached hydrogen (secondary N) is 3. The molecule has 0 fully saturated rings. The van der Waals surface area contributed by atoms with E-state index >= 15 is 0 Å². The summed E-state index contributed by atoms with van der Waals surface area (Å²) in [6.45, 7) is 0. The first-order chi connectivity index (χ1) is 20.5. The second-order valence-electron chi connectivity index (χ2n) is 9.98. The van der Waals surface area contributed by atoms with Gasteiger partial charge in [-0.15, -0.1) is 23.1 Å². The number of carbonyl (C=O) groups is 2. The Hall–Kier alpha value is -3.66. The first kappa shape index (κ1) is 29.8. The lowest BCUT2D eigenvalue weighted by Gasteiger charge is -2.18. The molecular weight excluding hydrogens is 583 g/mol. The van der Waals surface area contributed by atoms with Crippen molar-refractivity contribution in [3.8, 4) is 0 Å². The highest BCUT2D eigenvalue weighted by Gasteiger charge is 2.29. The minimum Gasteiger partial charge on any atom is -0.465 e. The van der Waals surface area contributed by atoms with Gasteiger partial charge in [-0.25, -0.2) is 4.79 Å². The Bertz CT molecular complexity index is 1540. The zero-order valence-electron chi connectivity index (χ0n) is 23.4. The van der Waals surface area contributed by atoms with Crippen molar-refractivity contribution in [2.24, 2.45) is 0 Å². The highest BCUT2D eigenvalue weighted by atomic mass is 32.2. The predicted octanol–water partition coefficient (Wildman–Crippen LogP) is 8.47. The van der Waals surface area contributed by atoms with E-state index < -0.39 is 11.2 Å². The summed E-state index contributed by atoms with van der Waals surface area (Å²) >= 11 is 8.47. The van der Waals surface area contributed by atoms with Gasteiger partial charge in [0.1, 0.15) is 10.3 Å². The van der Waals surface area contributed by atoms with Crippen molar-refractivity contribution in [3.05, 3.63) is 106 Å². The third-order valence-corrected chi connectivity index (χ3v) is 9.67. The summed E-state index contributed by atoms with van der Waals surface area (Å²) in [7, 11) is 1.39. The SMILES string of the molecule is COC(=O)c1c(NC(=O)C(Sc2cccc(NC(=S)Nc3ccccc3)c2)c2ccccc2)sc2c1CCCCCC2. The monoisotopic (exact) mass is 615 g/mol. The Morgan fingerprint density at radius 2 is 1.50 bits per heavy atom. The molecule has 1 aliphatic rings. The fourth-order valence-electron chi connectivity index (χ4n) is 5.00. The molecule has 216 valence electrons. The van der Waals surface area contributed by atoms with Crippen molar-refractivity contribution in [2.75, 3.05) is 23.1 Å². The number of rotatable bonds is 8. The van der Waals surface area contributed by atoms with E-state index in [1.54, 1.807) is 0 Å². The molecule has 3 N–H and O–H groups in total. The number of aryl methyl sites for hydroxylation is 1. The molecule has 0 saturated heterocycles. The van der Waals surface area contributed by atoms with E-state index in [2.05, 4.69) is 16.0 Å². The normalized spacial score (nSPS) is 13.5. The highest BCUT2D eigenvalue weighted by Crippen LogP contribution is 2.41. The van der Waals surface area contributed by atoms with Crippen molar-refractivity contribution in [2.45, 2.75) is 48.7 Å². The van der Waals surface area contributed by atoms with E-state index in [0.29, 0.717) is 15.7 Å². The number of hydrogen-bond donors (Lipinski definition) is 3. The fraction of sp³-hybridized carbons (Fsp3) is 0.242. The van der Waals surface area contributed by atoms with Crippen LogP contribution < -0.4 is 16.0 Å². The third kappa shape index (κ3) is 7.59. The van der Waals surface area contributed by atoms with Crippen LogP contribution in [0.25, 0.3) is 0 Å². The molecule has 0 aliphatic heterocycles. The lowest BCUT2D eigenvalue weighted by molar-refractivity contribution is -0.115. The average Bonchev–Trinajstić information content (AvgIpc) is 3.31. The van der Waals surface area contributed by atoms with Crippen LogP contribution in [-0.2, 0) is 22.4 Å². The van der Waals surface area contributed by atoms with Crippen LogP contribution in [0.1, 0.15) is 57.3 Å². The van der Waals surface area contributed by atoms with E-state index in [9.17, 15) is 9.59 Å². The summed E-state index contributed by atoms with van der Waals surface area (Å²) in [5, 5.41) is 10.0. The number of ether oxygens (including phenoxy) is 1. The van der Waals surface area contributed by atoms with Crippen LogP contribution in [-0.4, -0.2) is 24.1 Å². The van der Waals surface area contributed by atoms with E-state index in [4.69, 9.17) is 17.0 Å². The predicted molar refractivity (Wildman–Crippen MR) is 178 cm³/mol. The van der Waals surface area contributed by atoms with Crippen LogP contribution in [0.3, 0.4) is 0 Å². The van der Waals surface area contributed by atoms with Crippen LogP contribution in [0, 0.1) is 0 Å². The molecule has 1 aromatic heterocycles. The first-order valence-electron chi connectivity index (χ1n) is 14.0. The molecule has 4 aromatic rings. The fourth-order valence-corrected chi connectivity index (χ4v) is 7.60. The molecule has 3 aromatic carbocycles. The second kappa shape index (κ2) is 14.5. The molecule has 5 rings (SSSR count). The summed E-state index contributed by atoms with van der Waals surface area (Å²) in [4.78, 5) is 29.0. The van der Waals surface area contributed by atoms with E-state index in [0.717, 1.165) is 59.5 Å². The Labute approximate surface area is 260 Å². The highest BCUT2D eigenvalue weighted by molar-refractivity contribution is 8.00. The summed E-state index contributed by atoms with van der Waals surface area (Å²) < 4.78 is 5.17. The van der Waals surface area contributed by atoms with Gasteiger partial charge >= 0.3 is 5.97 Å². The van der Waals surface area contributed by atoms with Crippen LogP contribution in [0.4, 0.5) is 16.4 Å². The molecule has 42 heavy (non-hydrogen) atoms. The number of thiophene rings is 1. The summed E-state index contributed by atoms with van der Waals surface area (Å²) in [6, 6.07) is 27.2. The minimum atomic E-state index is -0.550. The van der Waals surface area contributed by atoms with Crippen LogP contribution in [0.2, 0.25) is 0 Å². The van der Waals surface area contributed by atoms with Gasteiger partial charge in [-0.1, -0.05) is 67.4 Å². The van der Waals surface area contributed by atoms with Crippen LogP contribution in [0.15, 0.2) is 89.8 Å². The molecule has 6 nitrogen and oxygen atoms in total. The van der Waals surface area contributed by atoms with Crippen molar-refractivity contribution >= 4 is 68.7 Å². The summed E-state index contributed by atoms with van der Waals surface area (Å²) in [5.41, 5.74) is 4.12. The molecular formula is C33H33N3O3S3. The zero-order chi connectivity index (χ0) is 29.3. The van der Waals surface area contributed by atoms with Crippen molar-refractivity contribution in [1.29, 1.82) is 0 Å². The number of benzene rings is 3. The van der Waals surface area contributed by atoms with Crippen molar-refractivity contribution in [3.63, 3.8) is 0 Å². The molecule has 1 aliphatic carbocycles. The Kier molecular flexibility index (Phi) is 10.3. The Morgan fingerprint density at radius 3 is 2.24 bits per heavy atom. The lowest BCUT2D eigenvalue weighted by Crippen LogP contribution is -2.20. The topological polar surface area (TPSA) is 79.5 Å². The maximum absolute atomic E-state index is 14.0. The Balaban J connectivity index is 1.38. The van der Waals surface area contributed by atoms with Gasteiger partial charge in [-0.05, 0) is 79.4 Å². The molecule has 0 radical (unpaired) electrons. The zero-order valence-corrected chi connectivity index (χ0v) is 25.8. The first-order valence-corrected chi connectivity index (χ1v) is 16.1. The summed E-state index contributed by atoms with van der Waals surface area (Å²) in [5.74, 6) is -0.587. The second-order valence-corrected chi connectivity index (χ2v) is 12.7. The molecule has 0 saturated carbocycles. The van der Waals surface area contributed by atoms with E-state index in [-0.39, 0.29) is 5.91 Å². The molecule has 1 atom stereocenters. The third-order valence-electron chi connectivity index (χ3n) is 7.02. The van der Waals surface area contributed by atoms with Gasteiger partial charge < -0.3 is 20.7 Å². The minimum absolute atomic E-state index is 0.190. The van der Waals surface area contributed by atoms with Gasteiger partial charge in [0.2, 0.25) is 5.91 Å². The largest absolute Gasteiger partial charge is 0.465 e. The number of hydrogen-bond acceptors (Lipinski definition) is 6. The quantitative estimate of drug-likeness (QED) is 0.104. The molecule has 9 heteroatoms. The van der Waals surface area contributed by atoms with E-state index in [1.165, 1.54) is 41.5 Å². The van der Waals surface area contributed by atoms with E-state index in [1.807, 2.05) is 84.9 Å². The number of methoxy groups -OCH3 is 1. The van der Waals surface area contributed by atoms with Gasteiger partial charge in [-0.3, -0.25) is 4.79 Å². The van der Waals surface area contributed by atoms with Gasteiger partial charge in [0.15, 0.2) is 5.11 Å². The standard InChI is InChI=1S/C33H33N3O3S3/c1-39-32(38)28-26-19-10-2-3-11-20-27(26)42-31(28)36-30(37)29(22-13-6-4-7-14-22)41-25-18-12-17-24(21-25)35-33(40)34-23-15-8-5-9-16-23/h4-9,12-18,21,29H,2-3,10-11,19-20H2,1H3,(H,36,37)(H2,34,35,40). The van der Waals surface area contributed by atoms with Gasteiger partial charge in [0.25, 0.3) is 0 Å². The van der Waals surface area contributed by atoms with Gasteiger partial charge in [-0.2, -0.15) is 0 Å². The van der Waals surface area contributed by atoms with Gasteiger partial charge in [0.05, 0.1) is 12.7 Å². The number of para-hydroxylation sites is 1. The number of esters is 1. The molecule has 1 amide bonds. The average molecular weight is 616 g/mol. The maximum Gasteiger partial charge on any atom is 0.341 e. The molecule has 1 heterocycles. The number of fused-ring (bicyclic) bond motifs is 1. The maximum atomic E-state index is 14.0. The number of carbonyl (C=O) groups excluding carboxylic acids is 2. The molecule has 1 unspecified atom stereocenters. The number of anilines is 3. The molecule has 0 bridgehead atoms. The van der Waals surface area contributed by atoms with Crippen molar-refractivity contribution in [1.82, 2.24) is 0 Å². The number of thioether (sulfide) groups is 1. The molecule has 0 spiro atoms. The summed E-state index contributed by atoms with van der Waals surface area (Å²) in [6.07, 6.45) is 6.17. The lowest BCUT2D eigenvalue weighted by atomic mass is 9.96.